The number of halogens is 1. The van der Waals surface area contributed by atoms with Gasteiger partial charge in [0, 0.05) is 29.8 Å². The van der Waals surface area contributed by atoms with Crippen LogP contribution in [0.5, 0.6) is 0 Å². The molecule has 0 fully saturated rings. The zero-order valence-corrected chi connectivity index (χ0v) is 22.8. The first-order valence-electron chi connectivity index (χ1n) is 12.4. The Bertz CT molecular complexity index is 1140. The average Bonchev–Trinajstić information content (AvgIpc) is 2.87. The van der Waals surface area contributed by atoms with Gasteiger partial charge in [0.15, 0.2) is 0 Å². The number of benzene rings is 3. The number of hydrogen-bond donors (Lipinski definition) is 1. The van der Waals surface area contributed by atoms with Crippen molar-refractivity contribution in [3.05, 3.63) is 106 Å². The van der Waals surface area contributed by atoms with Gasteiger partial charge in [-0.05, 0) is 54.7 Å². The minimum atomic E-state index is -0.611. The molecule has 2 unspecified atom stereocenters. The van der Waals surface area contributed by atoms with Crippen molar-refractivity contribution in [2.24, 2.45) is 0 Å². The lowest BCUT2D eigenvalue weighted by Crippen LogP contribution is -2.52. The number of carbonyl (C=O) groups excluding carboxylic acids is 2. The summed E-state index contributed by atoms with van der Waals surface area (Å²) in [6.07, 6.45) is 1.28. The SMILES string of the molecule is CCC(C)NC(=O)C(Cc1ccccc1)N(Cc1ccccc1C)C(=O)CSCc1cccc(Cl)c1. The van der Waals surface area contributed by atoms with E-state index in [-0.39, 0.29) is 23.6 Å². The minimum absolute atomic E-state index is 0.0309. The molecule has 4 nitrogen and oxygen atoms in total. The van der Waals surface area contributed by atoms with E-state index < -0.39 is 6.04 Å². The zero-order valence-electron chi connectivity index (χ0n) is 21.2. The number of amides is 2. The summed E-state index contributed by atoms with van der Waals surface area (Å²) in [6, 6.07) is 25.0. The molecule has 0 aliphatic heterocycles. The summed E-state index contributed by atoms with van der Waals surface area (Å²) in [5.74, 6) is 0.785. The van der Waals surface area contributed by atoms with Gasteiger partial charge in [0.25, 0.3) is 0 Å². The van der Waals surface area contributed by atoms with Crippen molar-refractivity contribution in [1.29, 1.82) is 0 Å². The van der Waals surface area contributed by atoms with Crippen molar-refractivity contribution in [1.82, 2.24) is 10.2 Å². The first-order chi connectivity index (χ1) is 17.4. The Morgan fingerprint density at radius 1 is 0.972 bits per heavy atom. The van der Waals surface area contributed by atoms with Crippen LogP contribution in [0.3, 0.4) is 0 Å². The Balaban J connectivity index is 1.86. The predicted molar refractivity (Wildman–Crippen MR) is 151 cm³/mol. The second-order valence-corrected chi connectivity index (χ2v) is 10.5. The first-order valence-corrected chi connectivity index (χ1v) is 13.9. The first kappa shape index (κ1) is 27.8. The molecule has 0 bridgehead atoms. The van der Waals surface area contributed by atoms with Crippen molar-refractivity contribution >= 4 is 35.2 Å². The van der Waals surface area contributed by atoms with E-state index in [0.717, 1.165) is 28.7 Å². The fourth-order valence-corrected chi connectivity index (χ4v) is 5.00. The third-order valence-electron chi connectivity index (χ3n) is 6.26. The quantitative estimate of drug-likeness (QED) is 0.298. The van der Waals surface area contributed by atoms with Crippen LogP contribution in [0.1, 0.15) is 42.5 Å². The molecule has 1 N–H and O–H groups in total. The molecule has 2 atom stereocenters. The molecule has 0 aromatic heterocycles. The number of aryl methyl sites for hydroxylation is 1. The van der Waals surface area contributed by atoms with E-state index in [0.29, 0.717) is 23.7 Å². The maximum atomic E-state index is 13.7. The third-order valence-corrected chi connectivity index (χ3v) is 7.48. The molecular formula is C30H35ClN2O2S. The second-order valence-electron chi connectivity index (χ2n) is 9.09. The van der Waals surface area contributed by atoms with Crippen LogP contribution in [0, 0.1) is 6.92 Å². The Kier molecular flexibility index (Phi) is 10.9. The van der Waals surface area contributed by atoms with Gasteiger partial charge in [-0.25, -0.2) is 0 Å². The van der Waals surface area contributed by atoms with Crippen molar-refractivity contribution in [2.45, 2.75) is 58.0 Å². The Morgan fingerprint density at radius 2 is 1.67 bits per heavy atom. The highest BCUT2D eigenvalue weighted by Crippen LogP contribution is 2.21. The van der Waals surface area contributed by atoms with Gasteiger partial charge in [0.2, 0.25) is 11.8 Å². The van der Waals surface area contributed by atoms with Gasteiger partial charge in [-0.15, -0.1) is 11.8 Å². The van der Waals surface area contributed by atoms with Crippen LogP contribution in [0.15, 0.2) is 78.9 Å². The van der Waals surface area contributed by atoms with Gasteiger partial charge in [0.1, 0.15) is 6.04 Å². The predicted octanol–water partition coefficient (Wildman–Crippen LogP) is 6.44. The van der Waals surface area contributed by atoms with Gasteiger partial charge >= 0.3 is 0 Å². The number of carbonyl (C=O) groups is 2. The summed E-state index contributed by atoms with van der Waals surface area (Å²) in [7, 11) is 0. The molecule has 3 aromatic rings. The largest absolute Gasteiger partial charge is 0.352 e. The van der Waals surface area contributed by atoms with E-state index in [1.807, 2.05) is 99.6 Å². The summed E-state index contributed by atoms with van der Waals surface area (Å²) < 4.78 is 0. The lowest BCUT2D eigenvalue weighted by molar-refractivity contribution is -0.139. The monoisotopic (exact) mass is 522 g/mol. The molecule has 3 rings (SSSR count). The lowest BCUT2D eigenvalue weighted by Gasteiger charge is -2.32. The molecule has 2 amide bonds. The van der Waals surface area contributed by atoms with E-state index >= 15 is 0 Å². The number of nitrogens with zero attached hydrogens (tertiary/aromatic N) is 1. The smallest absolute Gasteiger partial charge is 0.243 e. The van der Waals surface area contributed by atoms with Crippen LogP contribution < -0.4 is 5.32 Å². The highest BCUT2D eigenvalue weighted by Gasteiger charge is 2.31. The van der Waals surface area contributed by atoms with Gasteiger partial charge in [-0.2, -0.15) is 0 Å². The molecule has 0 radical (unpaired) electrons. The molecule has 0 aliphatic rings. The van der Waals surface area contributed by atoms with Gasteiger partial charge in [-0.1, -0.05) is 85.3 Å². The number of nitrogens with one attached hydrogen (secondary N) is 1. The van der Waals surface area contributed by atoms with E-state index in [2.05, 4.69) is 5.32 Å². The summed E-state index contributed by atoms with van der Waals surface area (Å²) in [4.78, 5) is 29.0. The average molecular weight is 523 g/mol. The van der Waals surface area contributed by atoms with Crippen molar-refractivity contribution in [3.8, 4) is 0 Å². The molecule has 36 heavy (non-hydrogen) atoms. The molecule has 6 heteroatoms. The fourth-order valence-electron chi connectivity index (χ4n) is 3.93. The van der Waals surface area contributed by atoms with E-state index in [9.17, 15) is 9.59 Å². The maximum absolute atomic E-state index is 13.7. The summed E-state index contributed by atoms with van der Waals surface area (Å²) in [6.45, 7) is 6.46. The zero-order chi connectivity index (χ0) is 25.9. The fraction of sp³-hybridized carbons (Fsp3) is 0.333. The topological polar surface area (TPSA) is 49.4 Å². The molecule has 0 aliphatic carbocycles. The van der Waals surface area contributed by atoms with Crippen LogP contribution in [0.25, 0.3) is 0 Å². The normalized spacial score (nSPS) is 12.6. The lowest BCUT2D eigenvalue weighted by atomic mass is 10.0. The van der Waals surface area contributed by atoms with Crippen molar-refractivity contribution in [2.75, 3.05) is 5.75 Å². The van der Waals surface area contributed by atoms with E-state index in [4.69, 9.17) is 11.6 Å². The molecule has 0 saturated carbocycles. The van der Waals surface area contributed by atoms with Crippen molar-refractivity contribution in [3.63, 3.8) is 0 Å². The van der Waals surface area contributed by atoms with Crippen LogP contribution in [0.4, 0.5) is 0 Å². The Morgan fingerprint density at radius 3 is 2.36 bits per heavy atom. The highest BCUT2D eigenvalue weighted by atomic mass is 35.5. The minimum Gasteiger partial charge on any atom is -0.352 e. The standard InChI is InChI=1S/C30H35ClN2O2S/c1-4-23(3)32-30(35)28(18-24-12-6-5-7-13-24)33(19-26-15-9-8-11-22(26)2)29(34)21-36-20-25-14-10-16-27(31)17-25/h5-17,23,28H,4,18-21H2,1-3H3,(H,32,35). The van der Waals surface area contributed by atoms with Gasteiger partial charge in [-0.3, -0.25) is 9.59 Å². The highest BCUT2D eigenvalue weighted by molar-refractivity contribution is 7.99. The van der Waals surface area contributed by atoms with Crippen LogP contribution in [0.2, 0.25) is 5.02 Å². The molecule has 0 saturated heterocycles. The maximum Gasteiger partial charge on any atom is 0.243 e. The number of hydrogen-bond acceptors (Lipinski definition) is 3. The van der Waals surface area contributed by atoms with Crippen LogP contribution >= 0.6 is 23.4 Å². The van der Waals surface area contributed by atoms with E-state index in [1.54, 1.807) is 4.90 Å². The van der Waals surface area contributed by atoms with Crippen molar-refractivity contribution < 1.29 is 9.59 Å². The summed E-state index contributed by atoms with van der Waals surface area (Å²) in [5, 5.41) is 3.80. The number of rotatable bonds is 12. The summed E-state index contributed by atoms with van der Waals surface area (Å²) >= 11 is 7.66. The Labute approximate surface area is 224 Å². The van der Waals surface area contributed by atoms with E-state index in [1.165, 1.54) is 11.8 Å². The third kappa shape index (κ3) is 8.42. The molecule has 0 spiro atoms. The van der Waals surface area contributed by atoms with Gasteiger partial charge in [0.05, 0.1) is 5.75 Å². The molecule has 190 valence electrons. The second kappa shape index (κ2) is 14.1. The van der Waals surface area contributed by atoms with Crippen LogP contribution in [-0.4, -0.2) is 34.6 Å². The van der Waals surface area contributed by atoms with Crippen LogP contribution in [-0.2, 0) is 28.3 Å². The molecule has 3 aromatic carbocycles. The molecular weight excluding hydrogens is 488 g/mol. The molecule has 0 heterocycles. The van der Waals surface area contributed by atoms with Gasteiger partial charge < -0.3 is 10.2 Å². The Hall–Kier alpha value is -2.76. The number of thioether (sulfide) groups is 1. The summed E-state index contributed by atoms with van der Waals surface area (Å²) in [5.41, 5.74) is 4.24.